The Labute approximate surface area is 84.7 Å². The van der Waals surface area contributed by atoms with Gasteiger partial charge in [0.2, 0.25) is 0 Å². The van der Waals surface area contributed by atoms with Gasteiger partial charge in [0.25, 0.3) is 0 Å². The molecule has 0 saturated carbocycles. The molecule has 1 rings (SSSR count). The van der Waals surface area contributed by atoms with Crippen LogP contribution in [0.15, 0.2) is 12.3 Å². The smallest absolute Gasteiger partial charge is 0.381 e. The van der Waals surface area contributed by atoms with E-state index in [2.05, 4.69) is 14.7 Å². The fraction of sp³-hybridized carbons (Fsp3) is 0.222. The predicted molar refractivity (Wildman–Crippen MR) is 46.8 cm³/mol. The molecule has 0 fully saturated rings. The SMILES string of the molecule is COC(=O)c1ncc(C(=O)OF)cc1C. The molecule has 0 atom stereocenters. The molecule has 1 aromatic heterocycles. The molecule has 0 radical (unpaired) electrons. The van der Waals surface area contributed by atoms with E-state index in [1.165, 1.54) is 13.2 Å². The molecule has 0 saturated heterocycles. The Morgan fingerprint density at radius 3 is 2.53 bits per heavy atom. The summed E-state index contributed by atoms with van der Waals surface area (Å²) < 4.78 is 16.0. The van der Waals surface area contributed by atoms with E-state index in [1.807, 2.05) is 0 Å². The maximum Gasteiger partial charge on any atom is 0.381 e. The van der Waals surface area contributed by atoms with Crippen LogP contribution >= 0.6 is 0 Å². The lowest BCUT2D eigenvalue weighted by atomic mass is 10.1. The Bertz CT molecular complexity index is 405. The maximum atomic E-state index is 11.6. The largest absolute Gasteiger partial charge is 0.464 e. The second-order valence-electron chi connectivity index (χ2n) is 2.75. The van der Waals surface area contributed by atoms with E-state index in [0.717, 1.165) is 6.20 Å². The number of carbonyl (C=O) groups excluding carboxylic acids is 2. The van der Waals surface area contributed by atoms with Gasteiger partial charge >= 0.3 is 11.9 Å². The molecule has 0 bridgehead atoms. The van der Waals surface area contributed by atoms with E-state index < -0.39 is 11.9 Å². The number of hydrogen-bond acceptors (Lipinski definition) is 5. The van der Waals surface area contributed by atoms with Crippen LogP contribution in [0.2, 0.25) is 0 Å². The standard InChI is InChI=1S/C9H8FNO4/c1-5-3-6(8(12)15-10)4-11-7(5)9(13)14-2/h3-4H,1-2H3. The molecular weight excluding hydrogens is 205 g/mol. The average Bonchev–Trinajstić information content (AvgIpc) is 2.26. The summed E-state index contributed by atoms with van der Waals surface area (Å²) in [5.74, 6) is -1.77. The summed E-state index contributed by atoms with van der Waals surface area (Å²) in [5.41, 5.74) is 0.417. The van der Waals surface area contributed by atoms with Gasteiger partial charge in [-0.1, -0.05) is 0 Å². The summed E-state index contributed by atoms with van der Waals surface area (Å²) in [6.07, 6.45) is 1.04. The number of carbonyl (C=O) groups is 2. The number of hydrogen-bond donors (Lipinski definition) is 0. The maximum absolute atomic E-state index is 11.6. The molecule has 0 unspecified atom stereocenters. The highest BCUT2D eigenvalue weighted by Crippen LogP contribution is 2.10. The first-order valence-corrected chi connectivity index (χ1v) is 3.98. The van der Waals surface area contributed by atoms with E-state index in [9.17, 15) is 14.1 Å². The minimum Gasteiger partial charge on any atom is -0.464 e. The molecule has 6 heteroatoms. The van der Waals surface area contributed by atoms with Gasteiger partial charge in [0.1, 0.15) is 0 Å². The third-order valence-electron chi connectivity index (χ3n) is 1.76. The summed E-state index contributed by atoms with van der Waals surface area (Å²) in [7, 11) is 1.22. The van der Waals surface area contributed by atoms with Crippen LogP contribution in [-0.2, 0) is 9.68 Å². The molecule has 1 heterocycles. The summed E-state index contributed by atoms with van der Waals surface area (Å²) in [6, 6.07) is 1.29. The van der Waals surface area contributed by atoms with Crippen molar-refractivity contribution in [3.63, 3.8) is 0 Å². The molecule has 0 amide bonds. The Morgan fingerprint density at radius 1 is 1.40 bits per heavy atom. The average molecular weight is 213 g/mol. The first-order valence-electron chi connectivity index (χ1n) is 3.98. The van der Waals surface area contributed by atoms with Gasteiger partial charge in [-0.05, 0) is 18.6 Å². The van der Waals surface area contributed by atoms with Crippen molar-refractivity contribution >= 4 is 11.9 Å². The normalized spacial score (nSPS) is 9.53. The molecule has 5 nitrogen and oxygen atoms in total. The highest BCUT2D eigenvalue weighted by atomic mass is 19.3. The number of rotatable bonds is 2. The van der Waals surface area contributed by atoms with E-state index in [1.54, 1.807) is 6.92 Å². The number of aryl methyl sites for hydroxylation is 1. The van der Waals surface area contributed by atoms with Gasteiger partial charge < -0.3 is 4.74 Å². The van der Waals surface area contributed by atoms with Crippen molar-refractivity contribution in [2.75, 3.05) is 7.11 Å². The van der Waals surface area contributed by atoms with Gasteiger partial charge in [0, 0.05) is 10.7 Å². The number of pyridine rings is 1. The van der Waals surface area contributed by atoms with Crippen LogP contribution in [0, 0.1) is 6.92 Å². The first kappa shape index (κ1) is 11.1. The highest BCUT2D eigenvalue weighted by molar-refractivity contribution is 5.92. The predicted octanol–water partition coefficient (Wildman–Crippen LogP) is 1.22. The van der Waals surface area contributed by atoms with Gasteiger partial charge in [-0.3, -0.25) is 0 Å². The zero-order valence-electron chi connectivity index (χ0n) is 8.11. The van der Waals surface area contributed by atoms with Crippen molar-refractivity contribution in [1.82, 2.24) is 4.98 Å². The molecule has 0 aliphatic carbocycles. The van der Waals surface area contributed by atoms with Crippen molar-refractivity contribution in [2.45, 2.75) is 6.92 Å². The van der Waals surface area contributed by atoms with Gasteiger partial charge in [0.05, 0.1) is 12.7 Å². The van der Waals surface area contributed by atoms with Crippen LogP contribution in [0.1, 0.15) is 26.4 Å². The number of aromatic nitrogens is 1. The third kappa shape index (κ3) is 2.28. The van der Waals surface area contributed by atoms with Gasteiger partial charge in [-0.25, -0.2) is 19.5 Å². The molecule has 1 aromatic rings. The number of halogens is 1. The molecule has 15 heavy (non-hydrogen) atoms. The van der Waals surface area contributed by atoms with Crippen LogP contribution in [0.25, 0.3) is 0 Å². The van der Waals surface area contributed by atoms with Crippen molar-refractivity contribution in [2.24, 2.45) is 0 Å². The van der Waals surface area contributed by atoms with E-state index in [-0.39, 0.29) is 11.3 Å². The summed E-state index contributed by atoms with van der Waals surface area (Å²) in [6.45, 7) is 1.55. The lowest BCUT2D eigenvalue weighted by Crippen LogP contribution is -2.09. The lowest BCUT2D eigenvalue weighted by Gasteiger charge is -2.03. The molecule has 0 N–H and O–H groups in total. The van der Waals surface area contributed by atoms with Crippen molar-refractivity contribution in [1.29, 1.82) is 0 Å². The zero-order valence-corrected chi connectivity index (χ0v) is 8.11. The Balaban J connectivity index is 3.08. The number of esters is 1. The van der Waals surface area contributed by atoms with E-state index >= 15 is 0 Å². The van der Waals surface area contributed by atoms with E-state index in [4.69, 9.17) is 0 Å². The molecule has 0 aliphatic heterocycles. The molecular formula is C9H8FNO4. The van der Waals surface area contributed by atoms with E-state index in [0.29, 0.717) is 5.56 Å². The summed E-state index contributed by atoms with van der Waals surface area (Å²) in [5, 5.41) is 0. The summed E-state index contributed by atoms with van der Waals surface area (Å²) >= 11 is 0. The number of nitrogens with zero attached hydrogens (tertiary/aromatic N) is 1. The van der Waals surface area contributed by atoms with Gasteiger partial charge in [-0.15, -0.1) is 0 Å². The third-order valence-corrected chi connectivity index (χ3v) is 1.76. The minimum absolute atomic E-state index is 0.0670. The van der Waals surface area contributed by atoms with Crippen molar-refractivity contribution < 1.29 is 23.8 Å². The zero-order chi connectivity index (χ0) is 11.4. The number of ether oxygens (including phenoxy) is 1. The molecule has 0 spiro atoms. The topological polar surface area (TPSA) is 65.5 Å². The van der Waals surface area contributed by atoms with Crippen LogP contribution in [0.5, 0.6) is 0 Å². The van der Waals surface area contributed by atoms with Crippen LogP contribution in [0.3, 0.4) is 0 Å². The van der Waals surface area contributed by atoms with Crippen LogP contribution in [-0.4, -0.2) is 24.0 Å². The molecule has 0 aromatic carbocycles. The van der Waals surface area contributed by atoms with Crippen molar-refractivity contribution in [3.05, 3.63) is 29.1 Å². The second-order valence-corrected chi connectivity index (χ2v) is 2.75. The molecule has 0 aliphatic rings. The first-order chi connectivity index (χ1) is 7.10. The van der Waals surface area contributed by atoms with Gasteiger partial charge in [0.15, 0.2) is 5.69 Å². The molecule has 80 valence electrons. The second kappa shape index (κ2) is 4.50. The van der Waals surface area contributed by atoms with Gasteiger partial charge in [-0.2, -0.15) is 0 Å². The Hall–Kier alpha value is -1.98. The quantitative estimate of drug-likeness (QED) is 0.691. The van der Waals surface area contributed by atoms with Crippen molar-refractivity contribution in [3.8, 4) is 0 Å². The summed E-state index contributed by atoms with van der Waals surface area (Å²) in [4.78, 5) is 28.6. The monoisotopic (exact) mass is 213 g/mol. The van der Waals surface area contributed by atoms with Crippen LogP contribution in [0.4, 0.5) is 4.53 Å². The number of methoxy groups -OCH3 is 1. The highest BCUT2D eigenvalue weighted by Gasteiger charge is 2.15. The minimum atomic E-state index is -1.15. The fourth-order valence-electron chi connectivity index (χ4n) is 1.04. The Morgan fingerprint density at radius 2 is 2.07 bits per heavy atom. The fourth-order valence-corrected chi connectivity index (χ4v) is 1.04. The van der Waals surface area contributed by atoms with Crippen LogP contribution < -0.4 is 0 Å². The Kier molecular flexibility index (Phi) is 3.33. The lowest BCUT2D eigenvalue weighted by molar-refractivity contribution is -0.0788.